The zero-order valence-corrected chi connectivity index (χ0v) is 12.9. The molecule has 0 spiro atoms. The van der Waals surface area contributed by atoms with E-state index in [0.717, 1.165) is 42.8 Å². The fraction of sp³-hybridized carbons (Fsp3) is 0.357. The molecule has 0 aliphatic heterocycles. The highest BCUT2D eigenvalue weighted by atomic mass is 32.2. The van der Waals surface area contributed by atoms with Crippen LogP contribution >= 0.6 is 0 Å². The van der Waals surface area contributed by atoms with Crippen molar-refractivity contribution < 1.29 is 21.6 Å². The van der Waals surface area contributed by atoms with Crippen molar-refractivity contribution in [2.75, 3.05) is 4.72 Å². The number of hydrogen-bond acceptors (Lipinski definition) is 3. The average Bonchev–Trinajstić information content (AvgIpc) is 3.24. The lowest BCUT2D eigenvalue weighted by atomic mass is 10.2. The zero-order chi connectivity index (χ0) is 16.8. The number of aromatic nitrogens is 2. The average molecular weight is 345 g/mol. The van der Waals surface area contributed by atoms with Gasteiger partial charge in [-0.15, -0.1) is 0 Å². The molecule has 1 aliphatic rings. The van der Waals surface area contributed by atoms with E-state index < -0.39 is 21.8 Å². The van der Waals surface area contributed by atoms with E-state index in [2.05, 4.69) is 9.82 Å². The van der Waals surface area contributed by atoms with Gasteiger partial charge in [-0.3, -0.25) is 9.40 Å². The van der Waals surface area contributed by atoms with Crippen LogP contribution < -0.4 is 4.72 Å². The van der Waals surface area contributed by atoms with Crippen LogP contribution in [0.4, 0.5) is 19.0 Å². The molecule has 1 heterocycles. The second-order valence-corrected chi connectivity index (χ2v) is 7.16. The van der Waals surface area contributed by atoms with Gasteiger partial charge >= 0.3 is 6.18 Å². The highest BCUT2D eigenvalue weighted by molar-refractivity contribution is 7.92. The minimum Gasteiger partial charge on any atom is -0.264 e. The van der Waals surface area contributed by atoms with Crippen molar-refractivity contribution in [2.45, 2.75) is 29.8 Å². The van der Waals surface area contributed by atoms with Crippen LogP contribution in [-0.2, 0) is 23.2 Å². The molecule has 2 aromatic rings. The van der Waals surface area contributed by atoms with E-state index in [1.807, 2.05) is 0 Å². The Morgan fingerprint density at radius 3 is 2.35 bits per heavy atom. The van der Waals surface area contributed by atoms with E-state index in [9.17, 15) is 21.6 Å². The van der Waals surface area contributed by atoms with Gasteiger partial charge < -0.3 is 0 Å². The summed E-state index contributed by atoms with van der Waals surface area (Å²) < 4.78 is 65.9. The van der Waals surface area contributed by atoms with Gasteiger partial charge in [0.2, 0.25) is 0 Å². The quantitative estimate of drug-likeness (QED) is 0.926. The second kappa shape index (κ2) is 5.26. The topological polar surface area (TPSA) is 64.0 Å². The lowest BCUT2D eigenvalue weighted by molar-refractivity contribution is -0.137. The summed E-state index contributed by atoms with van der Waals surface area (Å²) in [6, 6.07) is 5.01. The second-order valence-electron chi connectivity index (χ2n) is 5.48. The number of sulfonamides is 1. The number of nitrogens with zero attached hydrogens (tertiary/aromatic N) is 2. The molecule has 124 valence electrons. The molecule has 3 rings (SSSR count). The van der Waals surface area contributed by atoms with Gasteiger partial charge in [-0.1, -0.05) is 0 Å². The molecule has 1 aromatic heterocycles. The molecule has 0 saturated heterocycles. The van der Waals surface area contributed by atoms with Crippen LogP contribution in [0.2, 0.25) is 0 Å². The molecule has 1 N–H and O–H groups in total. The maximum Gasteiger partial charge on any atom is 0.416 e. The molecule has 23 heavy (non-hydrogen) atoms. The maximum absolute atomic E-state index is 12.5. The number of rotatable bonds is 4. The summed E-state index contributed by atoms with van der Waals surface area (Å²) in [4.78, 5) is -0.236. The molecular weight excluding hydrogens is 331 g/mol. The van der Waals surface area contributed by atoms with Crippen molar-refractivity contribution in [1.29, 1.82) is 0 Å². The van der Waals surface area contributed by atoms with Gasteiger partial charge in [-0.05, 0) is 37.1 Å². The molecule has 1 saturated carbocycles. The van der Waals surface area contributed by atoms with Gasteiger partial charge in [0.05, 0.1) is 16.2 Å². The van der Waals surface area contributed by atoms with E-state index in [0.29, 0.717) is 5.92 Å². The van der Waals surface area contributed by atoms with E-state index in [4.69, 9.17) is 0 Å². The molecule has 0 amide bonds. The van der Waals surface area contributed by atoms with Crippen molar-refractivity contribution in [3.05, 3.63) is 41.6 Å². The predicted molar refractivity (Wildman–Crippen MR) is 77.4 cm³/mol. The highest BCUT2D eigenvalue weighted by Crippen LogP contribution is 2.40. The first kappa shape index (κ1) is 15.9. The molecule has 5 nitrogen and oxygen atoms in total. The molecule has 0 radical (unpaired) electrons. The summed E-state index contributed by atoms with van der Waals surface area (Å²) in [5, 5.41) is 4.24. The Kier molecular flexibility index (Phi) is 3.62. The minimum atomic E-state index is -4.50. The standard InChI is InChI=1S/C14H14F3N3O2S/c1-20-13(8-12(18-20)9-2-3-9)19-23(21,22)11-6-4-10(5-7-11)14(15,16)17/h4-9,19H,2-3H2,1H3. The molecule has 1 aliphatic carbocycles. The smallest absolute Gasteiger partial charge is 0.264 e. The van der Waals surface area contributed by atoms with Gasteiger partial charge in [-0.2, -0.15) is 18.3 Å². The van der Waals surface area contributed by atoms with Gasteiger partial charge in [0.1, 0.15) is 5.82 Å². The number of halogens is 3. The first-order valence-electron chi connectivity index (χ1n) is 6.91. The van der Waals surface area contributed by atoms with Crippen LogP contribution in [0.15, 0.2) is 35.2 Å². The Hall–Kier alpha value is -2.03. The Labute approximate surface area is 131 Å². The van der Waals surface area contributed by atoms with Gasteiger partial charge in [0, 0.05) is 19.0 Å². The van der Waals surface area contributed by atoms with E-state index in [-0.39, 0.29) is 10.7 Å². The molecule has 9 heteroatoms. The predicted octanol–water partition coefficient (Wildman–Crippen LogP) is 3.12. The SMILES string of the molecule is Cn1nc(C2CC2)cc1NS(=O)(=O)c1ccc(C(F)(F)F)cc1. The largest absolute Gasteiger partial charge is 0.416 e. The van der Waals surface area contributed by atoms with E-state index >= 15 is 0 Å². The molecule has 1 aromatic carbocycles. The number of alkyl halides is 3. The first-order valence-corrected chi connectivity index (χ1v) is 8.39. The minimum absolute atomic E-state index is 0.236. The molecule has 0 atom stereocenters. The lowest BCUT2D eigenvalue weighted by Crippen LogP contribution is -2.15. The summed E-state index contributed by atoms with van der Waals surface area (Å²) in [5.74, 6) is 0.650. The van der Waals surface area contributed by atoms with Crippen LogP contribution in [0.1, 0.15) is 30.0 Å². The number of anilines is 1. The summed E-state index contributed by atoms with van der Waals surface area (Å²) >= 11 is 0. The number of hydrogen-bond donors (Lipinski definition) is 1. The normalized spacial score (nSPS) is 15.7. The maximum atomic E-state index is 12.5. The third kappa shape index (κ3) is 3.34. The lowest BCUT2D eigenvalue weighted by Gasteiger charge is -2.10. The fourth-order valence-corrected chi connectivity index (χ4v) is 3.26. The summed E-state index contributed by atoms with van der Waals surface area (Å²) in [6.07, 6.45) is -2.44. The van der Waals surface area contributed by atoms with Crippen molar-refractivity contribution in [3.8, 4) is 0 Å². The van der Waals surface area contributed by atoms with E-state index in [1.54, 1.807) is 13.1 Å². The Morgan fingerprint density at radius 1 is 1.22 bits per heavy atom. The van der Waals surface area contributed by atoms with Crippen LogP contribution in [0.5, 0.6) is 0 Å². The Balaban J connectivity index is 1.84. The van der Waals surface area contributed by atoms with Crippen molar-refractivity contribution in [1.82, 2.24) is 9.78 Å². The summed E-state index contributed by atoms with van der Waals surface area (Å²) in [7, 11) is -2.36. The third-order valence-corrected chi connectivity index (χ3v) is 5.00. The fourth-order valence-electron chi connectivity index (χ4n) is 2.18. The third-order valence-electron chi connectivity index (χ3n) is 3.63. The van der Waals surface area contributed by atoms with Crippen molar-refractivity contribution in [2.24, 2.45) is 7.05 Å². The summed E-state index contributed by atoms with van der Waals surface area (Å²) in [5.41, 5.74) is -0.0781. The highest BCUT2D eigenvalue weighted by Gasteiger charge is 2.31. The van der Waals surface area contributed by atoms with Gasteiger partial charge in [-0.25, -0.2) is 8.42 Å². The summed E-state index contributed by atoms with van der Waals surface area (Å²) in [6.45, 7) is 0. The van der Waals surface area contributed by atoms with Gasteiger partial charge in [0.15, 0.2) is 0 Å². The molecule has 0 bridgehead atoms. The first-order chi connectivity index (χ1) is 10.7. The molecule has 0 unspecified atom stereocenters. The van der Waals surface area contributed by atoms with Crippen LogP contribution in [-0.4, -0.2) is 18.2 Å². The van der Waals surface area contributed by atoms with Gasteiger partial charge in [0.25, 0.3) is 10.0 Å². The number of benzene rings is 1. The zero-order valence-electron chi connectivity index (χ0n) is 12.1. The Bertz CT molecular complexity index is 822. The van der Waals surface area contributed by atoms with Crippen LogP contribution in [0.25, 0.3) is 0 Å². The van der Waals surface area contributed by atoms with Crippen molar-refractivity contribution in [3.63, 3.8) is 0 Å². The van der Waals surface area contributed by atoms with E-state index in [1.165, 1.54) is 4.68 Å². The monoisotopic (exact) mass is 345 g/mol. The number of nitrogens with one attached hydrogen (secondary N) is 1. The van der Waals surface area contributed by atoms with Crippen molar-refractivity contribution >= 4 is 15.8 Å². The Morgan fingerprint density at radius 2 is 1.83 bits per heavy atom. The number of aryl methyl sites for hydroxylation is 1. The molecule has 1 fully saturated rings. The molecular formula is C14H14F3N3O2S. The van der Waals surface area contributed by atoms with Crippen LogP contribution in [0.3, 0.4) is 0 Å². The van der Waals surface area contributed by atoms with Crippen LogP contribution in [0, 0.1) is 0 Å².